The van der Waals surface area contributed by atoms with Crippen molar-refractivity contribution >= 4 is 17.7 Å². The first kappa shape index (κ1) is 34.9. The quantitative estimate of drug-likeness (QED) is 0.109. The monoisotopic (exact) mass is 587 g/mol. The van der Waals surface area contributed by atoms with E-state index in [2.05, 4.69) is 26.8 Å². The Bertz CT molecular complexity index is 1130. The number of likely N-dealkylation sites (tertiary alicyclic amines) is 1. The number of aliphatic hydroxyl groups excluding tert-OH is 3. The van der Waals surface area contributed by atoms with Crippen LogP contribution in [0.4, 0.5) is 0 Å². The maximum Gasteiger partial charge on any atom is 0.303 e. The fourth-order valence-corrected chi connectivity index (χ4v) is 5.02. The molecule has 10 heteroatoms. The maximum absolute atomic E-state index is 12.5. The van der Waals surface area contributed by atoms with Crippen LogP contribution in [0.25, 0.3) is 0 Å². The number of nitrogens with zero attached hydrogens (tertiary/aromatic N) is 1. The van der Waals surface area contributed by atoms with E-state index in [9.17, 15) is 29.7 Å². The number of allylic oxidation sites excluding steroid dienone is 9. The zero-order valence-electron chi connectivity index (χ0n) is 25.2. The summed E-state index contributed by atoms with van der Waals surface area (Å²) in [5.41, 5.74) is 0.697. The van der Waals surface area contributed by atoms with Gasteiger partial charge in [-0.05, 0) is 32.3 Å². The molecule has 2 rings (SSSR count). The lowest BCUT2D eigenvalue weighted by atomic mass is 9.92. The number of carbonyl (C=O) groups excluding carboxylic acids is 2. The van der Waals surface area contributed by atoms with Crippen LogP contribution < -0.4 is 0 Å². The second-order valence-corrected chi connectivity index (χ2v) is 11.2. The summed E-state index contributed by atoms with van der Waals surface area (Å²) in [6.07, 6.45) is 12.6. The highest BCUT2D eigenvalue weighted by molar-refractivity contribution is 6.27. The number of likely N-dealkylation sites (N-methyl/N-ethyl adjacent to an activating group) is 1. The van der Waals surface area contributed by atoms with Gasteiger partial charge < -0.3 is 34.8 Å². The second-order valence-electron chi connectivity index (χ2n) is 11.2. The Hall–Kier alpha value is -3.31. The summed E-state index contributed by atoms with van der Waals surface area (Å²) in [6.45, 7) is 9.91. The summed E-state index contributed by atoms with van der Waals surface area (Å²) in [6, 6.07) is -0.896. The van der Waals surface area contributed by atoms with Crippen molar-refractivity contribution < 1.29 is 44.3 Å². The standard InChI is InChI=1S/C32H45NO9/c1-19(2)31(42-27-18-25(35)29(38)22(5)41-27)21(4)17-20(3)13-11-9-7-8-10-12-14-24(34)28-30(39)23(15-16-26(36)37)33(6)32(28)40/h7-14,17,19,21-23,25,27,29,31,34-35,38H,15-16,18H2,1-6H3,(H,36,37)/b9-7+,10-8+,13-11+,14-12+,20-17+,28-24-. The number of ether oxygens (including phenoxy) is 2. The average molecular weight is 588 g/mol. The van der Waals surface area contributed by atoms with E-state index in [-0.39, 0.29) is 42.8 Å². The molecule has 2 aliphatic heterocycles. The highest BCUT2D eigenvalue weighted by Gasteiger charge is 2.42. The van der Waals surface area contributed by atoms with Crippen molar-refractivity contribution in [3.8, 4) is 0 Å². The van der Waals surface area contributed by atoms with Crippen LogP contribution in [0.2, 0.25) is 0 Å². The molecule has 10 nitrogen and oxygen atoms in total. The number of ketones is 1. The minimum atomic E-state index is -1.06. The number of aliphatic hydroxyl groups is 3. The van der Waals surface area contributed by atoms with Gasteiger partial charge in [-0.25, -0.2) is 0 Å². The van der Waals surface area contributed by atoms with E-state index < -0.39 is 54.1 Å². The maximum atomic E-state index is 12.5. The first-order valence-electron chi connectivity index (χ1n) is 14.2. The fourth-order valence-electron chi connectivity index (χ4n) is 5.02. The molecule has 0 aromatic heterocycles. The minimum absolute atomic E-state index is 0.0136. The molecule has 0 saturated carbocycles. The van der Waals surface area contributed by atoms with Gasteiger partial charge in [-0.2, -0.15) is 0 Å². The molecule has 1 amide bonds. The molecule has 232 valence electrons. The third-order valence-electron chi connectivity index (χ3n) is 7.29. The lowest BCUT2D eigenvalue weighted by Crippen LogP contribution is -2.49. The SMILES string of the molecule is CC(/C=C/C=C/C=C/C=C/C(O)=C1\C(=O)C(CCC(=O)O)N(C)C1=O)=C\C(C)C(OC1CC(O)C(O)C(C)O1)C(C)C. The smallest absolute Gasteiger partial charge is 0.303 e. The predicted octanol–water partition coefficient (Wildman–Crippen LogP) is 3.78. The molecule has 2 fully saturated rings. The second kappa shape index (κ2) is 16.4. The molecule has 0 aliphatic carbocycles. The van der Waals surface area contributed by atoms with Gasteiger partial charge in [0.1, 0.15) is 17.4 Å². The van der Waals surface area contributed by atoms with Gasteiger partial charge in [-0.3, -0.25) is 14.4 Å². The van der Waals surface area contributed by atoms with Gasteiger partial charge in [0.2, 0.25) is 0 Å². The van der Waals surface area contributed by atoms with E-state index in [0.717, 1.165) is 10.5 Å². The predicted molar refractivity (Wildman–Crippen MR) is 158 cm³/mol. The topological polar surface area (TPSA) is 154 Å². The number of Topliss-reactive ketones (excluding diaryl/α,β-unsaturated/α-hetero) is 1. The Balaban J connectivity index is 1.92. The lowest BCUT2D eigenvalue weighted by Gasteiger charge is -2.38. The molecule has 2 aliphatic rings. The van der Waals surface area contributed by atoms with Crippen LogP contribution in [0, 0.1) is 11.8 Å². The average Bonchev–Trinajstić information content (AvgIpc) is 3.12. The van der Waals surface area contributed by atoms with Gasteiger partial charge in [0.25, 0.3) is 5.91 Å². The number of carbonyl (C=O) groups is 3. The van der Waals surface area contributed by atoms with Crippen molar-refractivity contribution in [1.29, 1.82) is 0 Å². The number of carboxylic acids is 1. The van der Waals surface area contributed by atoms with Gasteiger partial charge in [0, 0.05) is 25.8 Å². The van der Waals surface area contributed by atoms with Crippen LogP contribution in [0.5, 0.6) is 0 Å². The van der Waals surface area contributed by atoms with Gasteiger partial charge >= 0.3 is 5.97 Å². The number of rotatable bonds is 13. The molecule has 2 saturated heterocycles. The third-order valence-corrected chi connectivity index (χ3v) is 7.29. The molecular weight excluding hydrogens is 542 g/mol. The Kier molecular flexibility index (Phi) is 13.6. The molecule has 7 unspecified atom stereocenters. The first-order chi connectivity index (χ1) is 19.7. The largest absolute Gasteiger partial charge is 0.507 e. The number of amides is 1. The lowest BCUT2D eigenvalue weighted by molar-refractivity contribution is -0.267. The van der Waals surface area contributed by atoms with E-state index in [1.807, 2.05) is 25.2 Å². The van der Waals surface area contributed by atoms with Crippen molar-refractivity contribution in [1.82, 2.24) is 4.90 Å². The van der Waals surface area contributed by atoms with Gasteiger partial charge in [0.05, 0.1) is 24.4 Å². The Morgan fingerprint density at radius 3 is 2.21 bits per heavy atom. The molecule has 4 N–H and O–H groups in total. The normalized spacial score (nSPS) is 28.7. The van der Waals surface area contributed by atoms with E-state index >= 15 is 0 Å². The molecule has 7 atom stereocenters. The number of aliphatic carboxylic acids is 1. The van der Waals surface area contributed by atoms with E-state index in [0.29, 0.717) is 0 Å². The molecule has 0 spiro atoms. The molecule has 42 heavy (non-hydrogen) atoms. The van der Waals surface area contributed by atoms with Crippen LogP contribution in [-0.2, 0) is 23.9 Å². The Morgan fingerprint density at radius 1 is 1.05 bits per heavy atom. The van der Waals surface area contributed by atoms with Gasteiger partial charge in [-0.15, -0.1) is 0 Å². The molecule has 0 aromatic rings. The van der Waals surface area contributed by atoms with Gasteiger partial charge in [-0.1, -0.05) is 75.0 Å². The van der Waals surface area contributed by atoms with Crippen molar-refractivity contribution in [2.45, 2.75) is 90.6 Å². The molecule has 0 aromatic carbocycles. The molecule has 0 radical (unpaired) electrons. The van der Waals surface area contributed by atoms with Crippen LogP contribution >= 0.6 is 0 Å². The van der Waals surface area contributed by atoms with Crippen LogP contribution in [-0.4, -0.2) is 86.8 Å². The zero-order valence-corrected chi connectivity index (χ0v) is 25.2. The number of hydrogen-bond donors (Lipinski definition) is 4. The van der Waals surface area contributed by atoms with Crippen LogP contribution in [0.1, 0.15) is 53.9 Å². The molecular formula is C32H45NO9. The minimum Gasteiger partial charge on any atom is -0.507 e. The Labute approximate surface area is 248 Å². The summed E-state index contributed by atoms with van der Waals surface area (Å²) >= 11 is 0. The number of hydrogen-bond acceptors (Lipinski definition) is 8. The highest BCUT2D eigenvalue weighted by Crippen LogP contribution is 2.28. The number of carboxylic acid groups (broad SMARTS) is 1. The van der Waals surface area contributed by atoms with E-state index in [1.54, 1.807) is 25.2 Å². The highest BCUT2D eigenvalue weighted by atomic mass is 16.7. The summed E-state index contributed by atoms with van der Waals surface area (Å²) in [5, 5.41) is 39.1. The van der Waals surface area contributed by atoms with Crippen molar-refractivity contribution in [2.75, 3.05) is 7.05 Å². The summed E-state index contributed by atoms with van der Waals surface area (Å²) in [5.74, 6) is -2.47. The third kappa shape index (κ3) is 9.90. The van der Waals surface area contributed by atoms with E-state index in [4.69, 9.17) is 14.6 Å². The van der Waals surface area contributed by atoms with Crippen LogP contribution in [0.3, 0.4) is 0 Å². The fraction of sp³-hybridized carbons (Fsp3) is 0.531. The first-order valence-corrected chi connectivity index (χ1v) is 14.2. The van der Waals surface area contributed by atoms with Crippen molar-refractivity contribution in [3.05, 3.63) is 71.6 Å². The van der Waals surface area contributed by atoms with Crippen molar-refractivity contribution in [2.24, 2.45) is 11.8 Å². The summed E-state index contributed by atoms with van der Waals surface area (Å²) in [4.78, 5) is 36.9. The van der Waals surface area contributed by atoms with Gasteiger partial charge in [0.15, 0.2) is 12.1 Å². The Morgan fingerprint density at radius 2 is 1.64 bits per heavy atom. The van der Waals surface area contributed by atoms with Crippen LogP contribution in [0.15, 0.2) is 71.6 Å². The van der Waals surface area contributed by atoms with E-state index in [1.165, 1.54) is 19.2 Å². The van der Waals surface area contributed by atoms with Crippen molar-refractivity contribution in [3.63, 3.8) is 0 Å². The summed E-state index contributed by atoms with van der Waals surface area (Å²) < 4.78 is 11.9. The zero-order chi connectivity index (χ0) is 31.6. The molecule has 2 heterocycles. The molecule has 0 bridgehead atoms. The summed E-state index contributed by atoms with van der Waals surface area (Å²) in [7, 11) is 1.41.